The summed E-state index contributed by atoms with van der Waals surface area (Å²) in [6, 6.07) is 3.39. The molecule has 0 bridgehead atoms. The Balaban J connectivity index is 2.39. The van der Waals surface area contributed by atoms with E-state index in [2.05, 4.69) is 20.9 Å². The zero-order chi connectivity index (χ0) is 15.3. The van der Waals surface area contributed by atoms with Gasteiger partial charge in [-0.2, -0.15) is 0 Å². The average molecular weight is 350 g/mol. The smallest absolute Gasteiger partial charge is 0.255 e. The number of nitrogens with zero attached hydrogens (tertiary/aromatic N) is 1. The predicted octanol–water partition coefficient (Wildman–Crippen LogP) is 3.62. The number of ketones is 2. The van der Waals surface area contributed by atoms with Gasteiger partial charge in [0.25, 0.3) is 5.78 Å². The minimum absolute atomic E-state index is 0.0140. The molecular formula is C15H12BrNO4. The number of hydrogen-bond acceptors (Lipinski definition) is 5. The molecule has 0 radical (unpaired) electrons. The third kappa shape index (κ3) is 1.93. The SMILES string of the molecule is COc1ccc(Br)c2c1-c1oc(C(C)C)nc1C(=O)C2=O. The highest BCUT2D eigenvalue weighted by molar-refractivity contribution is 9.10. The van der Waals surface area contributed by atoms with Crippen molar-refractivity contribution in [2.45, 2.75) is 19.8 Å². The Morgan fingerprint density at radius 1 is 1.19 bits per heavy atom. The van der Waals surface area contributed by atoms with Crippen LogP contribution in [0.1, 0.15) is 46.5 Å². The van der Waals surface area contributed by atoms with Crippen molar-refractivity contribution >= 4 is 27.5 Å². The summed E-state index contributed by atoms with van der Waals surface area (Å²) in [6.45, 7) is 3.81. The van der Waals surface area contributed by atoms with Crippen molar-refractivity contribution in [1.82, 2.24) is 4.98 Å². The molecule has 5 nitrogen and oxygen atoms in total. The second-order valence-corrected chi connectivity index (χ2v) is 5.90. The van der Waals surface area contributed by atoms with Gasteiger partial charge in [-0.05, 0) is 12.1 Å². The number of rotatable bonds is 2. The molecule has 0 saturated heterocycles. The first-order valence-corrected chi connectivity index (χ1v) is 7.21. The quantitative estimate of drug-likeness (QED) is 0.774. The maximum Gasteiger partial charge on any atom is 0.255 e. The lowest BCUT2D eigenvalue weighted by molar-refractivity contribution is 0.0811. The molecule has 0 atom stereocenters. The maximum absolute atomic E-state index is 12.3. The molecule has 2 aromatic rings. The van der Waals surface area contributed by atoms with Crippen LogP contribution in [0.3, 0.4) is 0 Å². The van der Waals surface area contributed by atoms with Gasteiger partial charge in [0, 0.05) is 10.4 Å². The van der Waals surface area contributed by atoms with Gasteiger partial charge in [0.1, 0.15) is 5.75 Å². The van der Waals surface area contributed by atoms with E-state index in [1.807, 2.05) is 13.8 Å². The molecule has 0 spiro atoms. The lowest BCUT2D eigenvalue weighted by Crippen LogP contribution is -2.22. The number of aromatic nitrogens is 1. The van der Waals surface area contributed by atoms with Crippen LogP contribution in [-0.4, -0.2) is 23.7 Å². The summed E-state index contributed by atoms with van der Waals surface area (Å²) in [5.41, 5.74) is 0.803. The van der Waals surface area contributed by atoms with Crippen molar-refractivity contribution in [3.8, 4) is 17.1 Å². The van der Waals surface area contributed by atoms with Gasteiger partial charge in [-0.3, -0.25) is 9.59 Å². The monoisotopic (exact) mass is 349 g/mol. The van der Waals surface area contributed by atoms with E-state index in [0.29, 0.717) is 27.4 Å². The van der Waals surface area contributed by atoms with Crippen LogP contribution in [0.15, 0.2) is 21.0 Å². The number of halogens is 1. The Kier molecular flexibility index (Phi) is 3.20. The highest BCUT2D eigenvalue weighted by Gasteiger charge is 2.39. The number of hydrogen-bond donors (Lipinski definition) is 0. The Hall–Kier alpha value is -1.95. The predicted molar refractivity (Wildman–Crippen MR) is 78.9 cm³/mol. The lowest BCUT2D eigenvalue weighted by Gasteiger charge is -2.16. The van der Waals surface area contributed by atoms with E-state index in [1.165, 1.54) is 7.11 Å². The zero-order valence-corrected chi connectivity index (χ0v) is 13.3. The second-order valence-electron chi connectivity index (χ2n) is 5.04. The van der Waals surface area contributed by atoms with E-state index in [9.17, 15) is 9.59 Å². The number of carbonyl (C=O) groups excluding carboxylic acids is 2. The minimum Gasteiger partial charge on any atom is -0.496 e. The molecule has 0 fully saturated rings. The maximum atomic E-state index is 12.3. The van der Waals surface area contributed by atoms with E-state index in [4.69, 9.17) is 9.15 Å². The Morgan fingerprint density at radius 3 is 2.52 bits per heavy atom. The number of methoxy groups -OCH3 is 1. The molecule has 0 amide bonds. The van der Waals surface area contributed by atoms with Gasteiger partial charge >= 0.3 is 0 Å². The Bertz CT molecular complexity index is 776. The number of fused-ring (bicyclic) bond motifs is 3. The number of ether oxygens (including phenoxy) is 1. The molecule has 6 heteroatoms. The summed E-state index contributed by atoms with van der Waals surface area (Å²) in [5, 5.41) is 0. The molecule has 1 aliphatic rings. The fourth-order valence-corrected chi connectivity index (χ4v) is 2.81. The molecule has 1 aromatic carbocycles. The van der Waals surface area contributed by atoms with Crippen LogP contribution in [-0.2, 0) is 0 Å². The minimum atomic E-state index is -0.651. The molecule has 1 aliphatic carbocycles. The van der Waals surface area contributed by atoms with Crippen molar-refractivity contribution < 1.29 is 18.7 Å². The molecule has 1 aromatic heterocycles. The largest absolute Gasteiger partial charge is 0.496 e. The van der Waals surface area contributed by atoms with Crippen LogP contribution >= 0.6 is 15.9 Å². The lowest BCUT2D eigenvalue weighted by atomic mass is 9.90. The summed E-state index contributed by atoms with van der Waals surface area (Å²) < 4.78 is 11.6. The molecule has 0 unspecified atom stereocenters. The number of Topliss-reactive ketones (excluding diaryl/α,β-unsaturated/α-hetero) is 2. The fraction of sp³-hybridized carbons (Fsp3) is 0.267. The molecular weight excluding hydrogens is 338 g/mol. The van der Waals surface area contributed by atoms with Crippen molar-refractivity contribution in [1.29, 1.82) is 0 Å². The standard InChI is InChI=1S/C15H12BrNO4/c1-6(2)15-17-11-13(19)12(18)9-7(16)4-5-8(20-3)10(9)14(11)21-15/h4-6H,1-3H3. The summed E-state index contributed by atoms with van der Waals surface area (Å²) >= 11 is 3.31. The topological polar surface area (TPSA) is 69.4 Å². The normalized spacial score (nSPS) is 13.4. The number of carbonyl (C=O) groups is 2. The zero-order valence-electron chi connectivity index (χ0n) is 11.7. The van der Waals surface area contributed by atoms with Gasteiger partial charge in [-0.1, -0.05) is 29.8 Å². The highest BCUT2D eigenvalue weighted by atomic mass is 79.9. The Labute approximate surface area is 129 Å². The third-order valence-corrected chi connectivity index (χ3v) is 4.01. The van der Waals surface area contributed by atoms with Gasteiger partial charge < -0.3 is 9.15 Å². The van der Waals surface area contributed by atoms with E-state index in [-0.39, 0.29) is 17.2 Å². The average Bonchev–Trinajstić information content (AvgIpc) is 2.90. The first-order valence-electron chi connectivity index (χ1n) is 6.42. The molecule has 0 saturated carbocycles. The summed E-state index contributed by atoms with van der Waals surface area (Å²) in [6.07, 6.45) is 0. The van der Waals surface area contributed by atoms with Gasteiger partial charge in [-0.15, -0.1) is 0 Å². The van der Waals surface area contributed by atoms with Crippen molar-refractivity contribution in [3.05, 3.63) is 33.8 Å². The molecule has 21 heavy (non-hydrogen) atoms. The van der Waals surface area contributed by atoms with Crippen LogP contribution in [0.5, 0.6) is 5.75 Å². The molecule has 0 N–H and O–H groups in total. The van der Waals surface area contributed by atoms with Crippen LogP contribution in [0.4, 0.5) is 0 Å². The van der Waals surface area contributed by atoms with Crippen molar-refractivity contribution in [2.75, 3.05) is 7.11 Å². The molecule has 3 rings (SSSR count). The van der Waals surface area contributed by atoms with Crippen LogP contribution in [0, 0.1) is 0 Å². The molecule has 1 heterocycles. The van der Waals surface area contributed by atoms with Gasteiger partial charge in [-0.25, -0.2) is 4.98 Å². The van der Waals surface area contributed by atoms with E-state index in [0.717, 1.165) is 0 Å². The highest BCUT2D eigenvalue weighted by Crippen LogP contribution is 2.43. The van der Waals surface area contributed by atoms with Gasteiger partial charge in [0.05, 0.1) is 18.2 Å². The van der Waals surface area contributed by atoms with E-state index >= 15 is 0 Å². The van der Waals surface area contributed by atoms with E-state index < -0.39 is 11.6 Å². The van der Waals surface area contributed by atoms with Crippen molar-refractivity contribution in [3.63, 3.8) is 0 Å². The summed E-state index contributed by atoms with van der Waals surface area (Å²) in [4.78, 5) is 28.7. The third-order valence-electron chi connectivity index (χ3n) is 3.35. The summed E-state index contributed by atoms with van der Waals surface area (Å²) in [7, 11) is 1.50. The first kappa shape index (κ1) is 14.0. The second kappa shape index (κ2) is 4.80. The number of benzene rings is 1. The van der Waals surface area contributed by atoms with Gasteiger partial charge in [0.2, 0.25) is 5.78 Å². The van der Waals surface area contributed by atoms with Crippen LogP contribution < -0.4 is 4.74 Å². The van der Waals surface area contributed by atoms with E-state index in [1.54, 1.807) is 12.1 Å². The van der Waals surface area contributed by atoms with Crippen LogP contribution in [0.25, 0.3) is 11.3 Å². The molecule has 108 valence electrons. The Morgan fingerprint density at radius 2 is 1.90 bits per heavy atom. The van der Waals surface area contributed by atoms with Gasteiger partial charge in [0.15, 0.2) is 17.3 Å². The fourth-order valence-electron chi connectivity index (χ4n) is 2.30. The van der Waals surface area contributed by atoms with Crippen molar-refractivity contribution in [2.24, 2.45) is 0 Å². The van der Waals surface area contributed by atoms with Crippen LogP contribution in [0.2, 0.25) is 0 Å². The summed E-state index contributed by atoms with van der Waals surface area (Å²) in [5.74, 6) is -0.0386. The first-order chi connectivity index (χ1) is 9.95. The number of oxazole rings is 1. The molecule has 0 aliphatic heterocycles.